The molecule has 2 saturated heterocycles. The highest BCUT2D eigenvalue weighted by molar-refractivity contribution is 14.0. The predicted octanol–water partition coefficient (Wildman–Crippen LogP) is 2.26. The van der Waals surface area contributed by atoms with Crippen LogP contribution in [0, 0.1) is 11.8 Å². The second-order valence-electron chi connectivity index (χ2n) is 8.44. The van der Waals surface area contributed by atoms with Gasteiger partial charge in [-0.15, -0.1) is 24.0 Å². The van der Waals surface area contributed by atoms with Crippen molar-refractivity contribution in [2.24, 2.45) is 16.8 Å². The third-order valence-electron chi connectivity index (χ3n) is 6.42. The lowest BCUT2D eigenvalue weighted by atomic mass is 9.99. The van der Waals surface area contributed by atoms with Crippen LogP contribution in [0.4, 0.5) is 0 Å². The van der Waals surface area contributed by atoms with Crippen LogP contribution in [-0.4, -0.2) is 86.6 Å². The van der Waals surface area contributed by atoms with E-state index in [4.69, 9.17) is 4.74 Å². The van der Waals surface area contributed by atoms with Crippen LogP contribution in [0.3, 0.4) is 0 Å². The van der Waals surface area contributed by atoms with Crippen LogP contribution in [-0.2, 0) is 22.6 Å². The zero-order valence-corrected chi connectivity index (χ0v) is 21.7. The summed E-state index contributed by atoms with van der Waals surface area (Å²) >= 11 is 0. The first kappa shape index (κ1) is 25.9. The Morgan fingerprint density at radius 3 is 2.29 bits per heavy atom. The number of benzene rings is 1. The summed E-state index contributed by atoms with van der Waals surface area (Å²) < 4.78 is 4.94. The number of guanidine groups is 1. The smallest absolute Gasteiger partial charge is 0.310 e. The molecule has 7 nitrogen and oxygen atoms in total. The summed E-state index contributed by atoms with van der Waals surface area (Å²) in [4.78, 5) is 23.6. The first-order valence-corrected chi connectivity index (χ1v) is 11.1. The van der Waals surface area contributed by atoms with Gasteiger partial charge in [-0.05, 0) is 23.6 Å². The summed E-state index contributed by atoms with van der Waals surface area (Å²) in [5.74, 6) is 0.875. The van der Waals surface area contributed by atoms with Crippen LogP contribution < -0.4 is 5.32 Å². The number of piperazine rings is 1. The lowest BCUT2D eigenvalue weighted by Crippen LogP contribution is -2.45. The fourth-order valence-electron chi connectivity index (χ4n) is 4.40. The van der Waals surface area contributed by atoms with E-state index in [1.54, 1.807) is 7.05 Å². The quantitative estimate of drug-likeness (QED) is 0.257. The minimum Gasteiger partial charge on any atom is -0.469 e. The minimum atomic E-state index is -0.132. The summed E-state index contributed by atoms with van der Waals surface area (Å²) in [6.45, 7) is 13.3. The number of carbonyl (C=O) groups is 1. The lowest BCUT2D eigenvalue weighted by Gasteiger charge is -2.34. The number of ether oxygens (including phenoxy) is 1. The summed E-state index contributed by atoms with van der Waals surface area (Å²) in [6.07, 6.45) is 0. The first-order valence-electron chi connectivity index (χ1n) is 11.1. The van der Waals surface area contributed by atoms with Gasteiger partial charge in [0.2, 0.25) is 0 Å². The normalized spacial score (nSPS) is 22.8. The molecule has 0 bridgehead atoms. The van der Waals surface area contributed by atoms with Crippen molar-refractivity contribution in [2.45, 2.75) is 26.9 Å². The third-order valence-corrected chi connectivity index (χ3v) is 6.42. The lowest BCUT2D eigenvalue weighted by molar-refractivity contribution is -0.145. The Kier molecular flexibility index (Phi) is 10.5. The average Bonchev–Trinajstić information content (AvgIpc) is 3.16. The molecule has 0 saturated carbocycles. The Labute approximate surface area is 204 Å². The fraction of sp³-hybridized carbons (Fsp3) is 0.652. The number of esters is 1. The van der Waals surface area contributed by atoms with Gasteiger partial charge in [0.25, 0.3) is 0 Å². The molecule has 2 heterocycles. The average molecular weight is 543 g/mol. The molecule has 1 aromatic rings. The molecule has 0 aliphatic carbocycles. The van der Waals surface area contributed by atoms with Crippen LogP contribution in [0.15, 0.2) is 29.3 Å². The third kappa shape index (κ3) is 7.05. The van der Waals surface area contributed by atoms with Gasteiger partial charge in [-0.1, -0.05) is 38.1 Å². The van der Waals surface area contributed by atoms with Crippen molar-refractivity contribution in [1.29, 1.82) is 0 Å². The van der Waals surface area contributed by atoms with E-state index in [1.165, 1.54) is 31.3 Å². The number of hydrogen-bond donors (Lipinski definition) is 1. The molecule has 2 fully saturated rings. The van der Waals surface area contributed by atoms with E-state index in [0.29, 0.717) is 6.54 Å². The van der Waals surface area contributed by atoms with E-state index >= 15 is 0 Å². The second-order valence-corrected chi connectivity index (χ2v) is 8.44. The molecule has 2 aliphatic heterocycles. The Balaban J connectivity index is 0.00000341. The molecule has 3 rings (SSSR count). The summed E-state index contributed by atoms with van der Waals surface area (Å²) in [5.41, 5.74) is 2.59. The van der Waals surface area contributed by atoms with Gasteiger partial charge in [0.1, 0.15) is 0 Å². The number of likely N-dealkylation sites (tertiary alicyclic amines) is 1. The topological polar surface area (TPSA) is 60.4 Å². The molecule has 31 heavy (non-hydrogen) atoms. The molecule has 174 valence electrons. The second kappa shape index (κ2) is 12.6. The van der Waals surface area contributed by atoms with Crippen molar-refractivity contribution in [2.75, 3.05) is 60.0 Å². The number of nitrogens with zero attached hydrogens (tertiary/aromatic N) is 4. The van der Waals surface area contributed by atoms with E-state index in [-0.39, 0.29) is 41.8 Å². The van der Waals surface area contributed by atoms with Gasteiger partial charge in [0, 0.05) is 59.4 Å². The van der Waals surface area contributed by atoms with Gasteiger partial charge < -0.3 is 19.9 Å². The number of rotatable bonds is 6. The molecule has 0 aromatic heterocycles. The number of methoxy groups -OCH3 is 1. The number of nitrogens with one attached hydrogen (secondary N) is 1. The minimum absolute atomic E-state index is 0. The molecule has 2 unspecified atom stereocenters. The van der Waals surface area contributed by atoms with Crippen LogP contribution >= 0.6 is 24.0 Å². The number of hydrogen-bond acceptors (Lipinski definition) is 5. The van der Waals surface area contributed by atoms with Crippen molar-refractivity contribution in [3.63, 3.8) is 0 Å². The number of carbonyl (C=O) groups excluding carboxylic acids is 1. The molecule has 2 atom stereocenters. The number of halogens is 1. The van der Waals surface area contributed by atoms with Gasteiger partial charge in [-0.2, -0.15) is 0 Å². The zero-order chi connectivity index (χ0) is 21.5. The Hall–Kier alpha value is -1.39. The molecule has 0 spiro atoms. The van der Waals surface area contributed by atoms with Crippen molar-refractivity contribution >= 4 is 35.9 Å². The van der Waals surface area contributed by atoms with Crippen molar-refractivity contribution in [3.8, 4) is 0 Å². The van der Waals surface area contributed by atoms with E-state index in [2.05, 4.69) is 63.1 Å². The largest absolute Gasteiger partial charge is 0.469 e. The molecular formula is C23H38IN5O2. The van der Waals surface area contributed by atoms with E-state index in [0.717, 1.165) is 45.2 Å². The SMILES string of the molecule is CCN1CCN(Cc2ccc(CNC(=NC)N3CC(C)C(C(=O)OC)C3)cc2)CC1.I. The Morgan fingerprint density at radius 2 is 1.71 bits per heavy atom. The van der Waals surface area contributed by atoms with E-state index in [1.807, 2.05) is 0 Å². The highest BCUT2D eigenvalue weighted by atomic mass is 127. The maximum Gasteiger partial charge on any atom is 0.310 e. The number of likely N-dealkylation sites (N-methyl/N-ethyl adjacent to an activating group) is 1. The highest BCUT2D eigenvalue weighted by Crippen LogP contribution is 2.24. The Bertz CT molecular complexity index is 719. The number of aliphatic imine (C=N–C) groups is 1. The van der Waals surface area contributed by atoms with Crippen LogP contribution in [0.5, 0.6) is 0 Å². The maximum atomic E-state index is 12.0. The molecule has 0 amide bonds. The summed E-state index contributed by atoms with van der Waals surface area (Å²) in [7, 11) is 3.25. The van der Waals surface area contributed by atoms with E-state index < -0.39 is 0 Å². The van der Waals surface area contributed by atoms with Crippen molar-refractivity contribution in [1.82, 2.24) is 20.0 Å². The maximum absolute atomic E-state index is 12.0. The van der Waals surface area contributed by atoms with Gasteiger partial charge in [-0.25, -0.2) is 0 Å². The van der Waals surface area contributed by atoms with Crippen LogP contribution in [0.25, 0.3) is 0 Å². The van der Waals surface area contributed by atoms with E-state index in [9.17, 15) is 4.79 Å². The first-order chi connectivity index (χ1) is 14.5. The van der Waals surface area contributed by atoms with Gasteiger partial charge >= 0.3 is 5.97 Å². The standard InChI is InChI=1S/C23H37N5O2.HI/c1-5-26-10-12-27(13-11-26)16-20-8-6-19(7-9-20)14-25-23(24-3)28-15-18(2)21(17-28)22(29)30-4;/h6-9,18,21H,5,10-17H2,1-4H3,(H,24,25);1H. The summed E-state index contributed by atoms with van der Waals surface area (Å²) in [6, 6.07) is 8.86. The van der Waals surface area contributed by atoms with Crippen molar-refractivity contribution < 1.29 is 9.53 Å². The highest BCUT2D eigenvalue weighted by Gasteiger charge is 2.36. The van der Waals surface area contributed by atoms with Gasteiger partial charge in [0.05, 0.1) is 13.0 Å². The molecular weight excluding hydrogens is 505 g/mol. The molecule has 8 heteroatoms. The van der Waals surface area contributed by atoms with Crippen LogP contribution in [0.1, 0.15) is 25.0 Å². The monoisotopic (exact) mass is 543 g/mol. The predicted molar refractivity (Wildman–Crippen MR) is 136 cm³/mol. The zero-order valence-electron chi connectivity index (χ0n) is 19.3. The molecule has 0 radical (unpaired) electrons. The Morgan fingerprint density at radius 1 is 1.10 bits per heavy atom. The van der Waals surface area contributed by atoms with Gasteiger partial charge in [0.15, 0.2) is 5.96 Å². The molecule has 2 aliphatic rings. The van der Waals surface area contributed by atoms with Crippen molar-refractivity contribution in [3.05, 3.63) is 35.4 Å². The molecule has 1 aromatic carbocycles. The molecule has 1 N–H and O–H groups in total. The van der Waals surface area contributed by atoms with Gasteiger partial charge in [-0.3, -0.25) is 14.7 Å². The fourth-order valence-corrected chi connectivity index (χ4v) is 4.40. The summed E-state index contributed by atoms with van der Waals surface area (Å²) in [5, 5.41) is 3.45. The van der Waals surface area contributed by atoms with Crippen LogP contribution in [0.2, 0.25) is 0 Å².